The first-order valence-corrected chi connectivity index (χ1v) is 10.9. The van der Waals surface area contributed by atoms with Crippen molar-refractivity contribution in [3.63, 3.8) is 0 Å². The highest BCUT2D eigenvalue weighted by Gasteiger charge is 2.44. The number of nitrogens with one attached hydrogen (secondary N) is 1. The summed E-state index contributed by atoms with van der Waals surface area (Å²) >= 11 is 5.79. The second-order valence-electron chi connectivity index (χ2n) is 6.99. The third-order valence-corrected chi connectivity index (χ3v) is 6.32. The molecular weight excluding hydrogens is 437 g/mol. The van der Waals surface area contributed by atoms with Gasteiger partial charge in [0.25, 0.3) is 5.56 Å². The lowest BCUT2D eigenvalue weighted by molar-refractivity contribution is -0.00476. The van der Waals surface area contributed by atoms with Gasteiger partial charge in [0.1, 0.15) is 5.75 Å². The third-order valence-electron chi connectivity index (χ3n) is 5.15. The molecule has 160 valence electrons. The summed E-state index contributed by atoms with van der Waals surface area (Å²) in [6.45, 7) is -0.281. The molecule has 1 aliphatic rings. The van der Waals surface area contributed by atoms with E-state index in [1.807, 2.05) is 0 Å². The summed E-state index contributed by atoms with van der Waals surface area (Å²) in [5.41, 5.74) is 5.60. The molecule has 1 aliphatic carbocycles. The van der Waals surface area contributed by atoms with Gasteiger partial charge in [0.2, 0.25) is 5.95 Å². The predicted octanol–water partition coefficient (Wildman–Crippen LogP) is 1.72. The Labute approximate surface area is 175 Å². The Morgan fingerprint density at radius 1 is 1.37 bits per heavy atom. The number of nitrogens with two attached hydrogens (primary N) is 1. The number of nitrogen functional groups attached to an aromatic ring is 1. The van der Waals surface area contributed by atoms with Gasteiger partial charge in [-0.15, -0.1) is 0 Å². The summed E-state index contributed by atoms with van der Waals surface area (Å²) in [4.78, 5) is 32.6. The number of rotatable bonds is 7. The molecule has 5 N–H and O–H groups in total. The molecule has 30 heavy (non-hydrogen) atoms. The number of imidazole rings is 1. The zero-order valence-electron chi connectivity index (χ0n) is 15.5. The average molecular weight is 456 g/mol. The number of aliphatic hydroxyl groups excluding tert-OH is 1. The van der Waals surface area contributed by atoms with Gasteiger partial charge in [0.15, 0.2) is 11.2 Å². The van der Waals surface area contributed by atoms with Crippen molar-refractivity contribution in [3.05, 3.63) is 46.0 Å². The zero-order valence-corrected chi connectivity index (χ0v) is 17.2. The van der Waals surface area contributed by atoms with Crippen LogP contribution in [0, 0.1) is 11.8 Å². The van der Waals surface area contributed by atoms with Crippen molar-refractivity contribution in [3.8, 4) is 5.75 Å². The van der Waals surface area contributed by atoms with Gasteiger partial charge in [-0.2, -0.15) is 4.98 Å². The van der Waals surface area contributed by atoms with E-state index in [-0.39, 0.29) is 48.3 Å². The zero-order chi connectivity index (χ0) is 21.5. The highest BCUT2D eigenvalue weighted by molar-refractivity contribution is 7.47. The molecule has 0 bridgehead atoms. The van der Waals surface area contributed by atoms with Crippen LogP contribution in [0.1, 0.15) is 12.5 Å². The van der Waals surface area contributed by atoms with E-state index in [9.17, 15) is 19.4 Å². The summed E-state index contributed by atoms with van der Waals surface area (Å²) in [6.07, 6.45) is 2.01. The van der Waals surface area contributed by atoms with E-state index < -0.39 is 13.4 Å². The van der Waals surface area contributed by atoms with E-state index in [1.54, 1.807) is 4.57 Å². The summed E-state index contributed by atoms with van der Waals surface area (Å²) in [5, 5.41) is 10.1. The Balaban J connectivity index is 1.50. The molecule has 0 aliphatic heterocycles. The van der Waals surface area contributed by atoms with Crippen molar-refractivity contribution < 1.29 is 23.6 Å². The molecule has 3 aromatic rings. The van der Waals surface area contributed by atoms with Gasteiger partial charge in [0.05, 0.1) is 12.9 Å². The fourth-order valence-corrected chi connectivity index (χ4v) is 4.50. The summed E-state index contributed by atoms with van der Waals surface area (Å²) in [7, 11) is -4.41. The second-order valence-corrected chi connectivity index (χ2v) is 8.81. The number of halogens is 1. The van der Waals surface area contributed by atoms with Crippen LogP contribution in [0.5, 0.6) is 5.75 Å². The van der Waals surface area contributed by atoms with E-state index in [4.69, 9.17) is 26.4 Å². The van der Waals surface area contributed by atoms with E-state index in [0.717, 1.165) is 0 Å². The number of hydrogen-bond donors (Lipinski definition) is 4. The standard InChI is InChI=1S/C17H19ClN5O6P/c18-10-1-3-11(4-2-10)29-30(26,27)28-7-12-9(6-24)5-13(12)23-8-20-14-15(23)21-17(19)22-16(14)25/h1-4,8-9,12-13,24H,5-7H2,(H,26,27)(H3,19,21,22,25). The highest BCUT2D eigenvalue weighted by Crippen LogP contribution is 2.50. The van der Waals surface area contributed by atoms with E-state index in [1.165, 1.54) is 30.6 Å². The van der Waals surface area contributed by atoms with Gasteiger partial charge >= 0.3 is 7.82 Å². The van der Waals surface area contributed by atoms with Crippen LogP contribution in [-0.2, 0) is 9.09 Å². The third kappa shape index (κ3) is 4.07. The molecule has 13 heteroatoms. The van der Waals surface area contributed by atoms with Crippen molar-refractivity contribution >= 4 is 36.5 Å². The minimum absolute atomic E-state index is 0.0451. The first-order valence-electron chi connectivity index (χ1n) is 9.03. The Hall–Kier alpha value is -2.43. The quantitative estimate of drug-likeness (QED) is 0.388. The van der Waals surface area contributed by atoms with Crippen LogP contribution in [0.25, 0.3) is 11.2 Å². The van der Waals surface area contributed by atoms with Crippen LogP contribution in [-0.4, -0.2) is 42.7 Å². The normalized spacial score (nSPS) is 23.1. The number of phosphoric acid groups is 1. The van der Waals surface area contributed by atoms with Crippen LogP contribution in [0.2, 0.25) is 5.02 Å². The van der Waals surface area contributed by atoms with Gasteiger partial charge in [-0.3, -0.25) is 19.2 Å². The van der Waals surface area contributed by atoms with Crippen LogP contribution < -0.4 is 15.8 Å². The first kappa shape index (κ1) is 20.8. The highest BCUT2D eigenvalue weighted by atomic mass is 35.5. The molecule has 11 nitrogen and oxygen atoms in total. The molecular formula is C17H19ClN5O6P. The molecule has 1 saturated carbocycles. The minimum atomic E-state index is -4.41. The van der Waals surface area contributed by atoms with Crippen molar-refractivity contribution in [1.29, 1.82) is 0 Å². The van der Waals surface area contributed by atoms with Gasteiger partial charge in [-0.05, 0) is 36.6 Å². The molecule has 1 fully saturated rings. The lowest BCUT2D eigenvalue weighted by Gasteiger charge is -2.44. The van der Waals surface area contributed by atoms with Crippen molar-refractivity contribution in [2.45, 2.75) is 12.5 Å². The van der Waals surface area contributed by atoms with Gasteiger partial charge in [-0.25, -0.2) is 9.55 Å². The Morgan fingerprint density at radius 3 is 2.80 bits per heavy atom. The molecule has 0 radical (unpaired) electrons. The fourth-order valence-electron chi connectivity index (χ4n) is 3.58. The molecule has 0 spiro atoms. The molecule has 2 heterocycles. The molecule has 0 amide bonds. The van der Waals surface area contributed by atoms with Crippen LogP contribution >= 0.6 is 19.4 Å². The maximum Gasteiger partial charge on any atom is 0.527 e. The molecule has 2 aromatic heterocycles. The van der Waals surface area contributed by atoms with E-state index in [2.05, 4.69) is 15.0 Å². The maximum atomic E-state index is 12.3. The number of phosphoric ester groups is 1. The lowest BCUT2D eigenvalue weighted by Crippen LogP contribution is -2.43. The Bertz CT molecular complexity index is 1170. The van der Waals surface area contributed by atoms with Crippen molar-refractivity contribution in [2.24, 2.45) is 11.8 Å². The number of aromatic nitrogens is 4. The fraction of sp³-hybridized carbons (Fsp3) is 0.353. The number of benzene rings is 1. The summed E-state index contributed by atoms with van der Waals surface area (Å²) in [5.74, 6) is -0.406. The van der Waals surface area contributed by atoms with Gasteiger partial charge in [0, 0.05) is 23.6 Å². The van der Waals surface area contributed by atoms with E-state index in [0.29, 0.717) is 17.1 Å². The average Bonchev–Trinajstić information content (AvgIpc) is 3.07. The van der Waals surface area contributed by atoms with Crippen LogP contribution in [0.15, 0.2) is 35.4 Å². The van der Waals surface area contributed by atoms with Crippen LogP contribution in [0.3, 0.4) is 0 Å². The maximum absolute atomic E-state index is 12.3. The van der Waals surface area contributed by atoms with Crippen molar-refractivity contribution in [2.75, 3.05) is 18.9 Å². The van der Waals surface area contributed by atoms with Crippen molar-refractivity contribution in [1.82, 2.24) is 19.5 Å². The van der Waals surface area contributed by atoms with Gasteiger partial charge in [-0.1, -0.05) is 11.6 Å². The molecule has 0 saturated heterocycles. The lowest BCUT2D eigenvalue weighted by atomic mass is 9.70. The number of nitrogens with zero attached hydrogens (tertiary/aromatic N) is 3. The monoisotopic (exact) mass is 455 g/mol. The van der Waals surface area contributed by atoms with Crippen LogP contribution in [0.4, 0.5) is 5.95 Å². The van der Waals surface area contributed by atoms with Gasteiger partial charge < -0.3 is 19.9 Å². The topological polar surface area (TPSA) is 166 Å². The summed E-state index contributed by atoms with van der Waals surface area (Å²) in [6, 6.07) is 5.68. The number of hydrogen-bond acceptors (Lipinski definition) is 8. The smallest absolute Gasteiger partial charge is 0.404 e. The SMILES string of the molecule is Nc1nc2c(ncn2C2CC(CO)C2COP(=O)(O)Oc2ccc(Cl)cc2)c(=O)[nH]1. The largest absolute Gasteiger partial charge is 0.527 e. The second kappa shape index (κ2) is 8.01. The summed E-state index contributed by atoms with van der Waals surface area (Å²) < 4.78 is 24.2. The number of H-pyrrole nitrogens is 1. The molecule has 4 rings (SSSR count). The number of aliphatic hydroxyl groups is 1. The Morgan fingerprint density at radius 2 is 2.10 bits per heavy atom. The molecule has 1 aromatic carbocycles. The Kier molecular flexibility index (Phi) is 5.56. The number of fused-ring (bicyclic) bond motifs is 1. The molecule has 4 atom stereocenters. The first-order chi connectivity index (χ1) is 14.3. The number of anilines is 1. The molecule has 4 unspecified atom stereocenters. The predicted molar refractivity (Wildman–Crippen MR) is 108 cm³/mol. The number of aromatic amines is 1. The van der Waals surface area contributed by atoms with E-state index >= 15 is 0 Å². The minimum Gasteiger partial charge on any atom is -0.404 e.